The molecule has 5 aliphatic rings. The minimum Gasteiger partial charge on any atom is -0.390 e. The maximum absolute atomic E-state index is 11.0. The monoisotopic (exact) mass is 454 g/mol. The Morgan fingerprint density at radius 1 is 0.879 bits per heavy atom. The third-order valence-corrected chi connectivity index (χ3v) is 13.0. The lowest BCUT2D eigenvalue weighted by atomic mass is 9.33. The first-order valence-corrected chi connectivity index (χ1v) is 13.9. The summed E-state index contributed by atoms with van der Waals surface area (Å²) >= 11 is 0. The summed E-state index contributed by atoms with van der Waals surface area (Å²) in [4.78, 5) is 0. The van der Waals surface area contributed by atoms with Gasteiger partial charge in [0, 0.05) is 0 Å². The third-order valence-electron chi connectivity index (χ3n) is 13.0. The van der Waals surface area contributed by atoms with Crippen LogP contribution in [0.5, 0.6) is 0 Å². The molecule has 0 spiro atoms. The number of aliphatic hydroxyl groups excluding tert-OH is 2. The molecular formula is C31H50O2. The van der Waals surface area contributed by atoms with Crippen LogP contribution in [0.2, 0.25) is 0 Å². The van der Waals surface area contributed by atoms with E-state index in [1.165, 1.54) is 44.9 Å². The molecule has 0 aromatic heterocycles. The highest BCUT2D eigenvalue weighted by Crippen LogP contribution is 2.75. The van der Waals surface area contributed by atoms with E-state index in [2.05, 4.69) is 67.2 Å². The Bertz CT molecular complexity index is 868. The van der Waals surface area contributed by atoms with Gasteiger partial charge in [0.05, 0.1) is 12.2 Å². The second-order valence-electron chi connectivity index (χ2n) is 15.2. The highest BCUT2D eigenvalue weighted by molar-refractivity contribution is 5.35. The number of allylic oxidation sites excluding steroid dienone is 3. The Kier molecular flexibility index (Phi) is 5.11. The van der Waals surface area contributed by atoms with Gasteiger partial charge in [-0.2, -0.15) is 0 Å². The quantitative estimate of drug-likeness (QED) is 0.408. The van der Waals surface area contributed by atoms with Crippen LogP contribution in [0.1, 0.15) is 106 Å². The smallest absolute Gasteiger partial charge is 0.0852 e. The lowest BCUT2D eigenvalue weighted by Crippen LogP contribution is -2.66. The Hall–Kier alpha value is -0.600. The van der Waals surface area contributed by atoms with E-state index in [-0.39, 0.29) is 27.1 Å². The van der Waals surface area contributed by atoms with E-state index in [1.807, 2.05) is 0 Å². The summed E-state index contributed by atoms with van der Waals surface area (Å²) in [6, 6.07) is 0. The lowest BCUT2D eigenvalue weighted by molar-refractivity contribution is -0.230. The summed E-state index contributed by atoms with van der Waals surface area (Å²) in [5, 5.41) is 21.9. The second kappa shape index (κ2) is 7.00. The minimum absolute atomic E-state index is 0.0684. The van der Waals surface area contributed by atoms with Crippen molar-refractivity contribution >= 4 is 0 Å². The third kappa shape index (κ3) is 2.92. The summed E-state index contributed by atoms with van der Waals surface area (Å²) in [6.07, 6.45) is 14.6. The molecule has 0 aliphatic heterocycles. The Morgan fingerprint density at radius 3 is 2.21 bits per heavy atom. The van der Waals surface area contributed by atoms with Crippen LogP contribution < -0.4 is 0 Å². The van der Waals surface area contributed by atoms with Gasteiger partial charge in [-0.15, -0.1) is 6.58 Å². The van der Waals surface area contributed by atoms with Gasteiger partial charge in [0.1, 0.15) is 0 Å². The van der Waals surface area contributed by atoms with Crippen LogP contribution in [0.3, 0.4) is 0 Å². The first-order chi connectivity index (χ1) is 15.2. The zero-order valence-electron chi connectivity index (χ0n) is 22.5. The van der Waals surface area contributed by atoms with Gasteiger partial charge in [0.15, 0.2) is 0 Å². The molecule has 0 bridgehead atoms. The van der Waals surface area contributed by atoms with Crippen molar-refractivity contribution in [3.05, 3.63) is 24.3 Å². The maximum atomic E-state index is 11.0. The number of hydrogen-bond donors (Lipinski definition) is 2. The van der Waals surface area contributed by atoms with Gasteiger partial charge < -0.3 is 10.2 Å². The van der Waals surface area contributed by atoms with Crippen LogP contribution in [0.15, 0.2) is 24.3 Å². The van der Waals surface area contributed by atoms with Crippen LogP contribution in [0.4, 0.5) is 0 Å². The predicted octanol–water partition coefficient (Wildman–Crippen LogP) is 7.31. The number of hydrogen-bond acceptors (Lipinski definition) is 2. The zero-order chi connectivity index (χ0) is 24.2. The van der Waals surface area contributed by atoms with Crippen molar-refractivity contribution < 1.29 is 10.2 Å². The highest BCUT2D eigenvalue weighted by Gasteiger charge is 2.68. The van der Waals surface area contributed by atoms with Gasteiger partial charge in [0.25, 0.3) is 0 Å². The fraction of sp³-hybridized carbons (Fsp3) is 0.871. The van der Waals surface area contributed by atoms with Crippen molar-refractivity contribution in [1.82, 2.24) is 0 Å². The van der Waals surface area contributed by atoms with E-state index < -0.39 is 12.2 Å². The van der Waals surface area contributed by atoms with Gasteiger partial charge in [-0.05, 0) is 108 Å². The first-order valence-electron chi connectivity index (χ1n) is 13.9. The maximum Gasteiger partial charge on any atom is 0.0852 e. The van der Waals surface area contributed by atoms with Crippen molar-refractivity contribution in [2.75, 3.05) is 0 Å². The molecule has 0 amide bonds. The Labute approximate surface area is 203 Å². The second-order valence-corrected chi connectivity index (χ2v) is 15.2. The Balaban J connectivity index is 1.60. The van der Waals surface area contributed by atoms with Gasteiger partial charge in [-0.25, -0.2) is 0 Å². The van der Waals surface area contributed by atoms with E-state index in [1.54, 1.807) is 5.57 Å². The van der Waals surface area contributed by atoms with E-state index in [4.69, 9.17) is 0 Å². The van der Waals surface area contributed by atoms with Crippen molar-refractivity contribution in [1.29, 1.82) is 0 Å². The fourth-order valence-electron chi connectivity index (χ4n) is 10.8. The van der Waals surface area contributed by atoms with Gasteiger partial charge in [0.2, 0.25) is 0 Å². The molecule has 0 saturated heterocycles. The van der Waals surface area contributed by atoms with Crippen molar-refractivity contribution in [2.24, 2.45) is 50.2 Å². The van der Waals surface area contributed by atoms with E-state index in [9.17, 15) is 10.2 Å². The average Bonchev–Trinajstić information content (AvgIpc) is 2.72. The molecule has 2 heteroatoms. The van der Waals surface area contributed by atoms with Crippen molar-refractivity contribution in [3.63, 3.8) is 0 Å². The minimum atomic E-state index is -0.613. The number of aliphatic hydroxyl groups is 2. The molecule has 9 unspecified atom stereocenters. The van der Waals surface area contributed by atoms with Crippen LogP contribution in [0, 0.1) is 50.2 Å². The molecule has 9 atom stereocenters. The summed E-state index contributed by atoms with van der Waals surface area (Å²) in [5.74, 6) is 1.66. The highest BCUT2D eigenvalue weighted by atomic mass is 16.3. The van der Waals surface area contributed by atoms with Crippen molar-refractivity contribution in [3.8, 4) is 0 Å². The molecular weight excluding hydrogens is 404 g/mol. The topological polar surface area (TPSA) is 40.5 Å². The predicted molar refractivity (Wildman–Crippen MR) is 137 cm³/mol. The van der Waals surface area contributed by atoms with E-state index >= 15 is 0 Å². The molecule has 2 N–H and O–H groups in total. The van der Waals surface area contributed by atoms with Crippen LogP contribution in [-0.4, -0.2) is 22.4 Å². The normalized spacial score (nSPS) is 54.7. The molecule has 33 heavy (non-hydrogen) atoms. The SMILES string of the molecule is C=CC12CCC(C)(C)CC1C1=CCC3C4(C)CC(O)C(O)C(C)(C)C4CCC3(C)C1(C)CC2. The van der Waals surface area contributed by atoms with Crippen molar-refractivity contribution in [2.45, 2.75) is 118 Å². The Morgan fingerprint density at radius 2 is 1.55 bits per heavy atom. The molecule has 0 heterocycles. The summed E-state index contributed by atoms with van der Waals surface area (Å²) in [5.41, 5.74) is 2.76. The zero-order valence-corrected chi connectivity index (χ0v) is 22.5. The molecule has 186 valence electrons. The average molecular weight is 455 g/mol. The molecule has 0 radical (unpaired) electrons. The number of rotatable bonds is 1. The molecule has 4 fully saturated rings. The summed E-state index contributed by atoms with van der Waals surface area (Å²) < 4.78 is 0. The van der Waals surface area contributed by atoms with Gasteiger partial charge in [-0.1, -0.05) is 66.2 Å². The van der Waals surface area contributed by atoms with Gasteiger partial charge >= 0.3 is 0 Å². The fourth-order valence-corrected chi connectivity index (χ4v) is 10.8. The molecule has 0 aromatic rings. The number of fused-ring (bicyclic) bond motifs is 7. The van der Waals surface area contributed by atoms with Crippen LogP contribution >= 0.6 is 0 Å². The molecule has 2 nitrogen and oxygen atoms in total. The molecule has 0 aromatic carbocycles. The van der Waals surface area contributed by atoms with E-state index in [0.717, 1.165) is 12.8 Å². The largest absolute Gasteiger partial charge is 0.390 e. The molecule has 4 saturated carbocycles. The van der Waals surface area contributed by atoms with E-state index in [0.29, 0.717) is 23.2 Å². The summed E-state index contributed by atoms with van der Waals surface area (Å²) in [7, 11) is 0. The summed E-state index contributed by atoms with van der Waals surface area (Å²) in [6.45, 7) is 21.5. The van der Waals surface area contributed by atoms with Crippen LogP contribution in [0.25, 0.3) is 0 Å². The molecule has 5 aliphatic carbocycles. The first kappa shape index (κ1) is 24.1. The lowest BCUT2D eigenvalue weighted by Gasteiger charge is -2.71. The molecule has 5 rings (SSSR count). The standard InChI is InChI=1S/C31H50O2/c1-9-31-16-14-26(2,3)18-21(31)20-10-11-24-28(6)19-22(32)25(33)27(4,5)23(28)12-13-30(24,8)29(20,7)15-17-31/h9-10,21-25,32-33H,1,11-19H2,2-8H3. The van der Waals surface area contributed by atoms with Crippen LogP contribution in [-0.2, 0) is 0 Å². The van der Waals surface area contributed by atoms with Gasteiger partial charge in [-0.3, -0.25) is 0 Å².